The van der Waals surface area contributed by atoms with E-state index in [2.05, 4.69) is 4.74 Å². The highest BCUT2D eigenvalue weighted by molar-refractivity contribution is 6.28. The molecule has 1 amide bonds. The van der Waals surface area contributed by atoms with E-state index in [4.69, 9.17) is 11.6 Å². The summed E-state index contributed by atoms with van der Waals surface area (Å²) in [6, 6.07) is -1.01. The molecule has 1 unspecified atom stereocenters. The Morgan fingerprint density at radius 1 is 1.47 bits per heavy atom. The molecule has 0 aliphatic carbocycles. The van der Waals surface area contributed by atoms with E-state index in [-0.39, 0.29) is 18.9 Å². The third-order valence-electron chi connectivity index (χ3n) is 1.65. The van der Waals surface area contributed by atoms with Crippen LogP contribution in [0.1, 0.15) is 6.42 Å². The van der Waals surface area contributed by atoms with Crippen LogP contribution in [0.4, 0.5) is 8.78 Å². The number of carbonyl (C=O) groups excluding carboxylic acids is 2. The number of Topliss-reactive ketones (excluding diaryl/α,β-unsaturated/α-hetero) is 1. The number of amides is 1. The topological polar surface area (TPSA) is 55.4 Å². The smallest absolute Gasteiger partial charge is 0.315 e. The predicted octanol–water partition coefficient (Wildman–Crippen LogP) is 0.581. The van der Waals surface area contributed by atoms with Gasteiger partial charge in [0.2, 0.25) is 0 Å². The van der Waals surface area contributed by atoms with Crippen LogP contribution in [0.25, 0.3) is 0 Å². The lowest BCUT2D eigenvalue weighted by atomic mass is 10.1. The summed E-state index contributed by atoms with van der Waals surface area (Å²) in [6.07, 6.45) is -3.02. The minimum absolute atomic E-state index is 0.126. The highest BCUT2D eigenvalue weighted by atomic mass is 35.5. The first kappa shape index (κ1) is 14.2. The fraction of sp³-hybridized carbons (Fsp3) is 0.750. The lowest BCUT2D eigenvalue weighted by Crippen LogP contribution is -2.44. The zero-order valence-corrected chi connectivity index (χ0v) is 8.89. The third-order valence-corrected chi connectivity index (χ3v) is 1.91. The van der Waals surface area contributed by atoms with Crippen molar-refractivity contribution in [3.63, 3.8) is 0 Å². The van der Waals surface area contributed by atoms with Crippen LogP contribution in [0.2, 0.25) is 0 Å². The van der Waals surface area contributed by atoms with Crippen LogP contribution in [0.5, 0.6) is 0 Å². The second-order valence-corrected chi connectivity index (χ2v) is 3.01. The zero-order chi connectivity index (χ0) is 11.8. The molecule has 0 aliphatic heterocycles. The van der Waals surface area contributed by atoms with E-state index in [1.807, 2.05) is 5.32 Å². The van der Waals surface area contributed by atoms with Crippen molar-refractivity contribution in [3.05, 3.63) is 0 Å². The zero-order valence-electron chi connectivity index (χ0n) is 8.13. The van der Waals surface area contributed by atoms with Crippen LogP contribution in [0, 0.1) is 0 Å². The highest BCUT2D eigenvalue weighted by Gasteiger charge is 2.23. The number of methoxy groups -OCH3 is 1. The molecule has 15 heavy (non-hydrogen) atoms. The molecule has 0 aromatic carbocycles. The maximum absolute atomic E-state index is 11.9. The van der Waals surface area contributed by atoms with E-state index >= 15 is 0 Å². The summed E-state index contributed by atoms with van der Waals surface area (Å²) in [5.74, 6) is -2.32. The van der Waals surface area contributed by atoms with Crippen LogP contribution < -0.4 is 5.32 Å². The van der Waals surface area contributed by atoms with Gasteiger partial charge in [-0.3, -0.25) is 9.59 Å². The van der Waals surface area contributed by atoms with E-state index in [9.17, 15) is 18.4 Å². The van der Waals surface area contributed by atoms with Crippen molar-refractivity contribution in [2.24, 2.45) is 0 Å². The van der Waals surface area contributed by atoms with Gasteiger partial charge in [-0.25, -0.2) is 0 Å². The number of rotatable bonds is 7. The lowest BCUT2D eigenvalue weighted by molar-refractivity contribution is -0.135. The quantitative estimate of drug-likeness (QED) is 0.666. The summed E-state index contributed by atoms with van der Waals surface area (Å²) < 4.78 is 28.5. The van der Waals surface area contributed by atoms with E-state index in [0.717, 1.165) is 0 Å². The van der Waals surface area contributed by atoms with Gasteiger partial charge in [0.05, 0.1) is 11.9 Å². The molecule has 0 rings (SSSR count). The normalized spacial score (nSPS) is 12.6. The number of nitrogens with one attached hydrogen (secondary N) is 1. The third kappa shape index (κ3) is 5.64. The minimum Gasteiger partial charge on any atom is -0.385 e. The van der Waals surface area contributed by atoms with Gasteiger partial charge in [-0.2, -0.15) is 8.78 Å². The first-order valence-electron chi connectivity index (χ1n) is 4.19. The van der Waals surface area contributed by atoms with Crippen molar-refractivity contribution in [3.8, 4) is 0 Å². The van der Waals surface area contributed by atoms with Gasteiger partial charge in [0.25, 0.3) is 5.91 Å². The van der Waals surface area contributed by atoms with Gasteiger partial charge in [-0.1, -0.05) is 0 Å². The molecule has 4 nitrogen and oxygen atoms in total. The van der Waals surface area contributed by atoms with Gasteiger partial charge in [0.15, 0.2) is 5.78 Å². The standard InChI is InChI=1S/C8H12ClF2NO3/c1-15-3-2-5(6(13)4-9)12-8(14)7(10)11/h5,7H,2-4H2,1H3,(H,12,14). The number of carbonyl (C=O) groups is 2. The summed E-state index contributed by atoms with van der Waals surface area (Å²) in [4.78, 5) is 21.8. The molecule has 1 N–H and O–H groups in total. The van der Waals surface area contributed by atoms with Crippen molar-refractivity contribution in [1.29, 1.82) is 0 Å². The molecule has 1 atom stereocenters. The van der Waals surface area contributed by atoms with Crippen LogP contribution in [0.15, 0.2) is 0 Å². The Labute approximate surface area is 90.9 Å². The largest absolute Gasteiger partial charge is 0.385 e. The Bertz CT molecular complexity index is 226. The summed E-state index contributed by atoms with van der Waals surface area (Å²) >= 11 is 5.26. The SMILES string of the molecule is COCCC(NC(=O)C(F)F)C(=O)CCl. The van der Waals surface area contributed by atoms with Gasteiger partial charge < -0.3 is 10.1 Å². The van der Waals surface area contributed by atoms with Crippen molar-refractivity contribution >= 4 is 23.3 Å². The molecule has 0 saturated heterocycles. The van der Waals surface area contributed by atoms with Crippen LogP contribution >= 0.6 is 11.6 Å². The molecule has 7 heteroatoms. The number of halogens is 3. The van der Waals surface area contributed by atoms with E-state index in [1.165, 1.54) is 7.11 Å². The molecule has 0 bridgehead atoms. The number of hydrogen-bond donors (Lipinski definition) is 1. The van der Waals surface area contributed by atoms with Crippen molar-refractivity contribution in [2.75, 3.05) is 19.6 Å². The van der Waals surface area contributed by atoms with E-state index in [1.54, 1.807) is 0 Å². The highest BCUT2D eigenvalue weighted by Crippen LogP contribution is 2.00. The molecule has 0 aromatic rings. The predicted molar refractivity (Wildman–Crippen MR) is 50.2 cm³/mol. The van der Waals surface area contributed by atoms with Gasteiger partial charge in [0.1, 0.15) is 0 Å². The molecule has 0 radical (unpaired) electrons. The van der Waals surface area contributed by atoms with Crippen LogP contribution in [-0.4, -0.2) is 43.8 Å². The molecule has 0 aliphatic rings. The van der Waals surface area contributed by atoms with Crippen LogP contribution in [-0.2, 0) is 14.3 Å². The maximum atomic E-state index is 11.9. The lowest BCUT2D eigenvalue weighted by Gasteiger charge is -2.15. The molecule has 0 saturated carbocycles. The summed E-state index contributed by atoms with van der Waals surface area (Å²) in [5.41, 5.74) is 0. The molecule has 0 aromatic heterocycles. The fourth-order valence-electron chi connectivity index (χ4n) is 0.877. The molecule has 0 spiro atoms. The van der Waals surface area contributed by atoms with Crippen molar-refractivity contribution in [1.82, 2.24) is 5.32 Å². The Morgan fingerprint density at radius 3 is 2.47 bits per heavy atom. The van der Waals surface area contributed by atoms with Crippen LogP contribution in [0.3, 0.4) is 0 Å². The number of hydrogen-bond acceptors (Lipinski definition) is 3. The first-order chi connectivity index (χ1) is 7.02. The number of alkyl halides is 3. The van der Waals surface area contributed by atoms with E-state index < -0.39 is 24.2 Å². The van der Waals surface area contributed by atoms with Crippen molar-refractivity contribution in [2.45, 2.75) is 18.9 Å². The Balaban J connectivity index is 4.23. The van der Waals surface area contributed by atoms with Gasteiger partial charge >= 0.3 is 6.43 Å². The molecule has 0 heterocycles. The first-order valence-corrected chi connectivity index (χ1v) is 4.72. The van der Waals surface area contributed by atoms with E-state index in [0.29, 0.717) is 0 Å². The van der Waals surface area contributed by atoms with Gasteiger partial charge in [-0.05, 0) is 6.42 Å². The second kappa shape index (κ2) is 7.53. The summed E-state index contributed by atoms with van der Waals surface area (Å²) in [6.45, 7) is 0.177. The average Bonchev–Trinajstić information content (AvgIpc) is 2.22. The maximum Gasteiger partial charge on any atom is 0.315 e. The summed E-state index contributed by atoms with van der Waals surface area (Å²) in [7, 11) is 1.40. The minimum atomic E-state index is -3.14. The van der Waals surface area contributed by atoms with Crippen molar-refractivity contribution < 1.29 is 23.1 Å². The average molecular weight is 244 g/mol. The Morgan fingerprint density at radius 2 is 2.07 bits per heavy atom. The molecular formula is C8H12ClF2NO3. The fourth-order valence-corrected chi connectivity index (χ4v) is 1.06. The summed E-state index contributed by atoms with van der Waals surface area (Å²) in [5, 5.41) is 1.90. The number of ketones is 1. The second-order valence-electron chi connectivity index (χ2n) is 2.74. The molecule has 88 valence electrons. The van der Waals surface area contributed by atoms with Gasteiger partial charge in [-0.15, -0.1) is 11.6 Å². The Kier molecular flexibility index (Phi) is 7.15. The molecular weight excluding hydrogens is 232 g/mol. The molecule has 0 fully saturated rings. The Hall–Kier alpha value is -0.750. The monoisotopic (exact) mass is 243 g/mol. The number of ether oxygens (including phenoxy) is 1. The van der Waals surface area contributed by atoms with Gasteiger partial charge in [0, 0.05) is 13.7 Å².